The third-order valence-electron chi connectivity index (χ3n) is 4.45. The number of ether oxygens (including phenoxy) is 1. The number of allylic oxidation sites excluding steroid dienone is 1. The van der Waals surface area contributed by atoms with E-state index < -0.39 is 0 Å². The van der Waals surface area contributed by atoms with E-state index in [-0.39, 0.29) is 12.4 Å². The molecule has 152 valence electrons. The summed E-state index contributed by atoms with van der Waals surface area (Å²) in [6.07, 6.45) is 3.42. The Morgan fingerprint density at radius 3 is 2.60 bits per heavy atom. The Morgan fingerprint density at radius 1 is 1.20 bits per heavy atom. The number of hydrogen-bond donors (Lipinski definition) is 1. The summed E-state index contributed by atoms with van der Waals surface area (Å²) in [6, 6.07) is 13.0. The molecule has 0 aliphatic heterocycles. The summed E-state index contributed by atoms with van der Waals surface area (Å²) in [5.74, 6) is 1.95. The molecular formula is C22H23N7O. The summed E-state index contributed by atoms with van der Waals surface area (Å²) < 4.78 is 7.73. The minimum absolute atomic E-state index is 0.0597. The largest absolute Gasteiger partial charge is 0.441 e. The van der Waals surface area contributed by atoms with Crippen LogP contribution in [0, 0.1) is 16.7 Å². The second kappa shape index (κ2) is 9.01. The number of likely N-dealkylation sites (N-methyl/N-ethyl adjacent to an activating group) is 1. The van der Waals surface area contributed by atoms with Gasteiger partial charge in [-0.3, -0.25) is 15.0 Å². The van der Waals surface area contributed by atoms with Crippen molar-refractivity contribution >= 4 is 17.6 Å². The van der Waals surface area contributed by atoms with Gasteiger partial charge in [-0.1, -0.05) is 12.1 Å². The van der Waals surface area contributed by atoms with Gasteiger partial charge in [-0.2, -0.15) is 5.26 Å². The maximum Gasteiger partial charge on any atom is 0.227 e. The molecule has 0 saturated carbocycles. The monoisotopic (exact) mass is 401 g/mol. The van der Waals surface area contributed by atoms with Crippen molar-refractivity contribution in [3.63, 3.8) is 0 Å². The van der Waals surface area contributed by atoms with Crippen LogP contribution in [0.4, 0.5) is 5.95 Å². The lowest BCUT2D eigenvalue weighted by Crippen LogP contribution is -2.28. The van der Waals surface area contributed by atoms with Crippen molar-refractivity contribution < 1.29 is 4.74 Å². The summed E-state index contributed by atoms with van der Waals surface area (Å²) in [5.41, 5.74) is 3.13. The zero-order valence-electron chi connectivity index (χ0n) is 17.4. The molecule has 0 amide bonds. The van der Waals surface area contributed by atoms with Crippen LogP contribution in [0.25, 0.3) is 17.1 Å². The van der Waals surface area contributed by atoms with E-state index in [0.29, 0.717) is 23.1 Å². The fourth-order valence-corrected chi connectivity index (χ4v) is 3.03. The van der Waals surface area contributed by atoms with Crippen LogP contribution in [-0.4, -0.2) is 39.2 Å². The lowest BCUT2D eigenvalue weighted by atomic mass is 10.1. The van der Waals surface area contributed by atoms with E-state index in [1.807, 2.05) is 50.7 Å². The molecule has 0 saturated heterocycles. The molecule has 0 atom stereocenters. The lowest BCUT2D eigenvalue weighted by molar-refractivity contribution is 0.485. The van der Waals surface area contributed by atoms with Crippen molar-refractivity contribution in [3.8, 4) is 17.5 Å². The molecule has 3 aromatic rings. The minimum Gasteiger partial charge on any atom is -0.441 e. The van der Waals surface area contributed by atoms with Gasteiger partial charge in [0.2, 0.25) is 11.8 Å². The fraction of sp³-hybridized carbons (Fsp3) is 0.227. The Bertz CT molecular complexity index is 1120. The number of aromatic nitrogens is 4. The van der Waals surface area contributed by atoms with Crippen molar-refractivity contribution in [2.75, 3.05) is 18.5 Å². The number of nitriles is 1. The maximum absolute atomic E-state index is 9.15. The van der Waals surface area contributed by atoms with Gasteiger partial charge in [-0.15, -0.1) is 10.2 Å². The molecule has 1 N–H and O–H groups in total. The standard InChI is InChI=1S/C22H23N7O/c1-15(2)20(18-7-5-6-16(12-18)13-23)30-19(24)14-28(3)22-27-26-21(29(22)4)17-8-10-25-11-9-17/h5-12,24H,14H2,1-4H3. The van der Waals surface area contributed by atoms with Gasteiger partial charge in [0.25, 0.3) is 0 Å². The molecule has 0 spiro atoms. The summed E-state index contributed by atoms with van der Waals surface area (Å²) in [4.78, 5) is 5.82. The Hall–Kier alpha value is -3.99. The van der Waals surface area contributed by atoms with Gasteiger partial charge in [0, 0.05) is 37.6 Å². The first-order valence-corrected chi connectivity index (χ1v) is 9.35. The predicted molar refractivity (Wildman–Crippen MR) is 116 cm³/mol. The highest BCUT2D eigenvalue weighted by Crippen LogP contribution is 2.23. The summed E-state index contributed by atoms with van der Waals surface area (Å²) in [6.45, 7) is 4.03. The number of rotatable bonds is 6. The second-order valence-electron chi connectivity index (χ2n) is 7.02. The average molecular weight is 401 g/mol. The van der Waals surface area contributed by atoms with Crippen molar-refractivity contribution in [2.45, 2.75) is 13.8 Å². The molecule has 0 aliphatic carbocycles. The molecule has 0 aliphatic rings. The van der Waals surface area contributed by atoms with Gasteiger partial charge in [0.05, 0.1) is 18.2 Å². The molecule has 8 nitrogen and oxygen atoms in total. The molecular weight excluding hydrogens is 378 g/mol. The summed E-state index contributed by atoms with van der Waals surface area (Å²) in [7, 11) is 3.71. The number of pyridine rings is 1. The van der Waals surface area contributed by atoms with Crippen molar-refractivity contribution in [2.24, 2.45) is 7.05 Å². The Morgan fingerprint density at radius 2 is 1.93 bits per heavy atom. The molecule has 2 heterocycles. The quantitative estimate of drug-likeness (QED) is 0.384. The van der Waals surface area contributed by atoms with Crippen LogP contribution in [0.1, 0.15) is 25.0 Å². The van der Waals surface area contributed by atoms with Crippen molar-refractivity contribution in [3.05, 3.63) is 65.5 Å². The first-order valence-electron chi connectivity index (χ1n) is 9.35. The predicted octanol–water partition coefficient (Wildman–Crippen LogP) is 3.63. The van der Waals surface area contributed by atoms with Gasteiger partial charge in [0.1, 0.15) is 5.76 Å². The van der Waals surface area contributed by atoms with E-state index in [0.717, 1.165) is 16.7 Å². The Balaban J connectivity index is 1.75. The third kappa shape index (κ3) is 4.52. The number of nitrogens with zero attached hydrogens (tertiary/aromatic N) is 6. The van der Waals surface area contributed by atoms with Gasteiger partial charge in [-0.05, 0) is 43.7 Å². The Kier molecular flexibility index (Phi) is 6.23. The zero-order chi connectivity index (χ0) is 21.7. The molecule has 30 heavy (non-hydrogen) atoms. The maximum atomic E-state index is 9.15. The summed E-state index contributed by atoms with van der Waals surface area (Å²) in [5, 5.41) is 26.0. The highest BCUT2D eigenvalue weighted by Gasteiger charge is 2.17. The zero-order valence-corrected chi connectivity index (χ0v) is 17.4. The van der Waals surface area contributed by atoms with E-state index in [4.69, 9.17) is 15.4 Å². The molecule has 0 bridgehead atoms. The van der Waals surface area contributed by atoms with Crippen LogP contribution in [0.3, 0.4) is 0 Å². The number of anilines is 1. The molecule has 2 aromatic heterocycles. The van der Waals surface area contributed by atoms with Gasteiger partial charge in [0.15, 0.2) is 5.82 Å². The SMILES string of the molecule is CC(C)=C(OC(=N)CN(C)c1nnc(-c2ccncc2)n1C)c1cccc(C#N)c1. The molecule has 0 unspecified atom stereocenters. The number of hydrogen-bond acceptors (Lipinski definition) is 7. The number of nitrogens with one attached hydrogen (secondary N) is 1. The van der Waals surface area contributed by atoms with E-state index in [1.165, 1.54) is 0 Å². The van der Waals surface area contributed by atoms with Crippen molar-refractivity contribution in [1.29, 1.82) is 10.7 Å². The number of benzene rings is 1. The molecule has 8 heteroatoms. The normalized spacial score (nSPS) is 10.2. The highest BCUT2D eigenvalue weighted by molar-refractivity contribution is 5.84. The van der Waals surface area contributed by atoms with Crippen LogP contribution in [0.15, 0.2) is 54.4 Å². The topological polar surface area (TPSA) is 104 Å². The molecule has 1 aromatic carbocycles. The van der Waals surface area contributed by atoms with Gasteiger partial charge in [-0.25, -0.2) is 0 Å². The van der Waals surface area contributed by atoms with Gasteiger partial charge < -0.3 is 9.64 Å². The van der Waals surface area contributed by atoms with E-state index in [1.54, 1.807) is 35.5 Å². The van der Waals surface area contributed by atoms with E-state index in [9.17, 15) is 0 Å². The second-order valence-corrected chi connectivity index (χ2v) is 7.02. The van der Waals surface area contributed by atoms with Crippen LogP contribution in [0.2, 0.25) is 0 Å². The first-order chi connectivity index (χ1) is 14.4. The van der Waals surface area contributed by atoms with Gasteiger partial charge >= 0.3 is 0 Å². The van der Waals surface area contributed by atoms with Crippen LogP contribution >= 0.6 is 0 Å². The third-order valence-corrected chi connectivity index (χ3v) is 4.45. The molecule has 0 radical (unpaired) electrons. The minimum atomic E-state index is 0.0597. The van der Waals surface area contributed by atoms with Crippen LogP contribution in [0.5, 0.6) is 0 Å². The Labute approximate surface area is 175 Å². The average Bonchev–Trinajstić information content (AvgIpc) is 3.14. The summed E-state index contributed by atoms with van der Waals surface area (Å²) >= 11 is 0. The van der Waals surface area contributed by atoms with Crippen LogP contribution < -0.4 is 4.90 Å². The first kappa shape index (κ1) is 20.7. The molecule has 0 fully saturated rings. The van der Waals surface area contributed by atoms with E-state index >= 15 is 0 Å². The fourth-order valence-electron chi connectivity index (χ4n) is 3.03. The van der Waals surface area contributed by atoms with E-state index in [2.05, 4.69) is 21.3 Å². The highest BCUT2D eigenvalue weighted by atomic mass is 16.5. The van der Waals surface area contributed by atoms with Crippen molar-refractivity contribution in [1.82, 2.24) is 19.7 Å². The molecule has 3 rings (SSSR count). The van der Waals surface area contributed by atoms with Crippen LogP contribution in [-0.2, 0) is 11.8 Å². The lowest BCUT2D eigenvalue weighted by Gasteiger charge is -2.20. The smallest absolute Gasteiger partial charge is 0.227 e.